The first-order valence-corrected chi connectivity index (χ1v) is 9.19. The summed E-state index contributed by atoms with van der Waals surface area (Å²) in [7, 11) is 3.16. The molecule has 1 amide bonds. The average Bonchev–Trinajstić information content (AvgIpc) is 3.17. The Bertz CT molecular complexity index is 966. The van der Waals surface area contributed by atoms with Gasteiger partial charge < -0.3 is 19.4 Å². The third kappa shape index (κ3) is 3.63. The molecule has 4 rings (SSSR count). The third-order valence-electron chi connectivity index (χ3n) is 5.22. The molecule has 2 aliphatic rings. The molecule has 2 aromatic rings. The first-order chi connectivity index (χ1) is 14.0. The van der Waals surface area contributed by atoms with Gasteiger partial charge in [0.1, 0.15) is 6.04 Å². The van der Waals surface area contributed by atoms with Crippen molar-refractivity contribution in [3.63, 3.8) is 0 Å². The summed E-state index contributed by atoms with van der Waals surface area (Å²) in [6.45, 7) is 0.178. The van der Waals surface area contributed by atoms with Crippen LogP contribution in [-0.4, -0.2) is 36.1 Å². The molecule has 2 aromatic carbocycles. The van der Waals surface area contributed by atoms with E-state index in [0.717, 1.165) is 17.7 Å². The number of hydrogen-bond donors (Lipinski definition) is 1. The fourth-order valence-electron chi connectivity index (χ4n) is 3.69. The standard InChI is InChI=1S/C21H21F2N3O3/c1-28-19-6-4-14(10-20(19)29-2)17-11-18-21(27)25(7-8-26(18)24-17)12-13-3-5-15(22)16(23)9-13/h3-10,17-18,24H,11-12H2,1-2H3. The zero-order valence-electron chi connectivity index (χ0n) is 16.1. The minimum atomic E-state index is -0.923. The molecular weight excluding hydrogens is 380 g/mol. The van der Waals surface area contributed by atoms with Gasteiger partial charge in [0, 0.05) is 12.4 Å². The Balaban J connectivity index is 1.49. The maximum absolute atomic E-state index is 13.5. The van der Waals surface area contributed by atoms with Crippen LogP contribution in [0.3, 0.4) is 0 Å². The smallest absolute Gasteiger partial charge is 0.251 e. The summed E-state index contributed by atoms with van der Waals surface area (Å²) in [5, 5.41) is 1.78. The number of halogens is 2. The summed E-state index contributed by atoms with van der Waals surface area (Å²) >= 11 is 0. The Morgan fingerprint density at radius 3 is 2.55 bits per heavy atom. The van der Waals surface area contributed by atoms with E-state index in [0.29, 0.717) is 23.5 Å². The second-order valence-corrected chi connectivity index (χ2v) is 6.97. The molecule has 0 saturated carbocycles. The number of rotatable bonds is 5. The van der Waals surface area contributed by atoms with Crippen molar-refractivity contribution in [2.45, 2.75) is 25.0 Å². The lowest BCUT2D eigenvalue weighted by Crippen LogP contribution is -2.47. The van der Waals surface area contributed by atoms with Crippen LogP contribution in [0.4, 0.5) is 8.78 Å². The Morgan fingerprint density at radius 1 is 1.03 bits per heavy atom. The number of methoxy groups -OCH3 is 2. The van der Waals surface area contributed by atoms with Crippen molar-refractivity contribution in [1.82, 2.24) is 15.3 Å². The minimum absolute atomic E-state index is 0.0726. The molecule has 2 unspecified atom stereocenters. The number of hydrogen-bond acceptors (Lipinski definition) is 5. The number of nitrogens with one attached hydrogen (secondary N) is 1. The van der Waals surface area contributed by atoms with Crippen molar-refractivity contribution in [1.29, 1.82) is 0 Å². The molecule has 2 aliphatic heterocycles. The molecule has 0 radical (unpaired) electrons. The maximum Gasteiger partial charge on any atom is 0.251 e. The molecule has 29 heavy (non-hydrogen) atoms. The summed E-state index contributed by atoms with van der Waals surface area (Å²) in [4.78, 5) is 14.5. The highest BCUT2D eigenvalue weighted by Crippen LogP contribution is 2.35. The molecule has 8 heteroatoms. The normalized spacial score (nSPS) is 20.8. The third-order valence-corrected chi connectivity index (χ3v) is 5.22. The predicted molar refractivity (Wildman–Crippen MR) is 102 cm³/mol. The van der Waals surface area contributed by atoms with E-state index in [-0.39, 0.29) is 24.5 Å². The summed E-state index contributed by atoms with van der Waals surface area (Å²) < 4.78 is 37.2. The van der Waals surface area contributed by atoms with Crippen molar-refractivity contribution < 1.29 is 23.0 Å². The molecule has 1 N–H and O–H groups in total. The second kappa shape index (κ2) is 7.71. The lowest BCUT2D eigenvalue weighted by Gasteiger charge is -2.31. The summed E-state index contributed by atoms with van der Waals surface area (Å²) in [5.41, 5.74) is 4.83. The summed E-state index contributed by atoms with van der Waals surface area (Å²) in [6.07, 6.45) is 3.99. The maximum atomic E-state index is 13.5. The van der Waals surface area contributed by atoms with Crippen molar-refractivity contribution in [3.8, 4) is 11.5 Å². The van der Waals surface area contributed by atoms with Crippen molar-refractivity contribution in [2.24, 2.45) is 0 Å². The number of ether oxygens (including phenoxy) is 2. The first kappa shape index (κ1) is 19.2. The Kier molecular flexibility index (Phi) is 5.10. The zero-order chi connectivity index (χ0) is 20.5. The number of nitrogens with zero attached hydrogens (tertiary/aromatic N) is 2. The molecule has 0 aliphatic carbocycles. The molecular formula is C21H21F2N3O3. The van der Waals surface area contributed by atoms with Crippen LogP contribution in [0.2, 0.25) is 0 Å². The van der Waals surface area contributed by atoms with E-state index >= 15 is 0 Å². The number of amides is 1. The van der Waals surface area contributed by atoms with E-state index in [1.807, 2.05) is 18.2 Å². The molecule has 0 spiro atoms. The van der Waals surface area contributed by atoms with Gasteiger partial charge in [-0.2, -0.15) is 0 Å². The molecule has 1 fully saturated rings. The van der Waals surface area contributed by atoms with Gasteiger partial charge in [-0.05, 0) is 41.8 Å². The fraction of sp³-hybridized carbons (Fsp3) is 0.286. The van der Waals surface area contributed by atoms with Crippen molar-refractivity contribution in [2.75, 3.05) is 14.2 Å². The number of benzene rings is 2. The van der Waals surface area contributed by atoms with Gasteiger partial charge >= 0.3 is 0 Å². The van der Waals surface area contributed by atoms with E-state index in [1.54, 1.807) is 31.6 Å². The largest absolute Gasteiger partial charge is 0.493 e. The van der Waals surface area contributed by atoms with Gasteiger partial charge in [-0.25, -0.2) is 14.2 Å². The quantitative estimate of drug-likeness (QED) is 0.835. The van der Waals surface area contributed by atoms with Crippen LogP contribution in [0.15, 0.2) is 48.8 Å². The van der Waals surface area contributed by atoms with Gasteiger partial charge in [-0.1, -0.05) is 12.1 Å². The summed E-state index contributed by atoms with van der Waals surface area (Å²) in [5.74, 6) is -0.668. The van der Waals surface area contributed by atoms with E-state index in [2.05, 4.69) is 5.43 Å². The van der Waals surface area contributed by atoms with Gasteiger partial charge in [0.05, 0.1) is 26.8 Å². The highest BCUT2D eigenvalue weighted by molar-refractivity contribution is 5.84. The van der Waals surface area contributed by atoms with Crippen LogP contribution in [0, 0.1) is 11.6 Å². The highest BCUT2D eigenvalue weighted by Gasteiger charge is 2.40. The Morgan fingerprint density at radius 2 is 1.83 bits per heavy atom. The molecule has 0 aromatic heterocycles. The van der Waals surface area contributed by atoms with Crippen LogP contribution in [0.1, 0.15) is 23.6 Å². The van der Waals surface area contributed by atoms with Gasteiger partial charge in [0.15, 0.2) is 23.1 Å². The van der Waals surface area contributed by atoms with Crippen LogP contribution in [-0.2, 0) is 11.3 Å². The lowest BCUT2D eigenvalue weighted by molar-refractivity contribution is -0.134. The van der Waals surface area contributed by atoms with Gasteiger partial charge in [0.2, 0.25) is 0 Å². The highest BCUT2D eigenvalue weighted by atomic mass is 19.2. The van der Waals surface area contributed by atoms with Crippen LogP contribution in [0.25, 0.3) is 0 Å². The molecule has 2 atom stereocenters. The number of hydrazine groups is 1. The average molecular weight is 401 g/mol. The molecule has 1 saturated heterocycles. The topological polar surface area (TPSA) is 54.0 Å². The Labute approximate surface area is 167 Å². The predicted octanol–water partition coefficient (Wildman–Crippen LogP) is 3.12. The van der Waals surface area contributed by atoms with Crippen LogP contribution in [0.5, 0.6) is 11.5 Å². The molecule has 152 valence electrons. The SMILES string of the molecule is COc1ccc(C2CC3C(=O)N(Cc4ccc(F)c(F)c4)C=CN3N2)cc1OC. The molecule has 6 nitrogen and oxygen atoms in total. The van der Waals surface area contributed by atoms with E-state index < -0.39 is 11.6 Å². The van der Waals surface area contributed by atoms with Gasteiger partial charge in [-0.15, -0.1) is 0 Å². The zero-order valence-corrected chi connectivity index (χ0v) is 16.1. The second-order valence-electron chi connectivity index (χ2n) is 6.97. The minimum Gasteiger partial charge on any atom is -0.493 e. The molecule has 0 bridgehead atoms. The summed E-state index contributed by atoms with van der Waals surface area (Å²) in [6, 6.07) is 8.86. The number of carbonyl (C=O) groups is 1. The fourth-order valence-corrected chi connectivity index (χ4v) is 3.69. The van der Waals surface area contributed by atoms with E-state index in [1.165, 1.54) is 11.0 Å². The monoisotopic (exact) mass is 401 g/mol. The lowest BCUT2D eigenvalue weighted by atomic mass is 10.00. The number of carbonyl (C=O) groups excluding carboxylic acids is 1. The van der Waals surface area contributed by atoms with E-state index in [4.69, 9.17) is 9.47 Å². The van der Waals surface area contributed by atoms with Crippen molar-refractivity contribution >= 4 is 5.91 Å². The van der Waals surface area contributed by atoms with E-state index in [9.17, 15) is 13.6 Å². The first-order valence-electron chi connectivity index (χ1n) is 9.19. The number of fused-ring (bicyclic) bond motifs is 1. The van der Waals surface area contributed by atoms with Crippen LogP contribution < -0.4 is 14.9 Å². The van der Waals surface area contributed by atoms with Crippen molar-refractivity contribution in [3.05, 3.63) is 71.6 Å². The molecule has 2 heterocycles. The van der Waals surface area contributed by atoms with Gasteiger partial charge in [-0.3, -0.25) is 4.79 Å². The van der Waals surface area contributed by atoms with Crippen LogP contribution >= 0.6 is 0 Å². The van der Waals surface area contributed by atoms with Gasteiger partial charge in [0.25, 0.3) is 5.91 Å². The Hall–Kier alpha value is -3.13.